The molecule has 8 nitrogen and oxygen atoms in total. The molecule has 3 N–H and O–H groups in total. The Morgan fingerprint density at radius 2 is 2.03 bits per heavy atom. The minimum Gasteiger partial charge on any atom is -0.492 e. The number of carbonyl (C=O) groups is 1. The van der Waals surface area contributed by atoms with Crippen LogP contribution >= 0.6 is 0 Å². The predicted molar refractivity (Wildman–Crippen MR) is 130 cm³/mol. The average Bonchev–Trinajstić information content (AvgIpc) is 3.20. The Hall–Kier alpha value is -3.17. The van der Waals surface area contributed by atoms with Gasteiger partial charge in [0.2, 0.25) is 0 Å². The largest absolute Gasteiger partial charge is 0.492 e. The number of nitrogens with zero attached hydrogens (tertiary/aromatic N) is 1. The van der Waals surface area contributed by atoms with E-state index >= 15 is 0 Å². The zero-order chi connectivity index (χ0) is 24.5. The summed E-state index contributed by atoms with van der Waals surface area (Å²) in [5.74, 6) is 0.908. The molecule has 0 saturated carbocycles. The Balaban J connectivity index is 1.66. The van der Waals surface area contributed by atoms with Crippen molar-refractivity contribution < 1.29 is 22.7 Å². The van der Waals surface area contributed by atoms with Crippen molar-refractivity contribution >= 4 is 27.2 Å². The molecule has 180 valence electrons. The summed E-state index contributed by atoms with van der Waals surface area (Å²) in [7, 11) is -3.33. The number of rotatable bonds is 8. The van der Waals surface area contributed by atoms with Gasteiger partial charge >= 0.3 is 5.97 Å². The molecular weight excluding hydrogens is 454 g/mol. The third kappa shape index (κ3) is 4.71. The minimum atomic E-state index is -3.33. The lowest BCUT2D eigenvalue weighted by Gasteiger charge is -2.29. The molecule has 0 radical (unpaired) electrons. The highest BCUT2D eigenvalue weighted by Gasteiger charge is 2.41. The number of allylic oxidation sites excluding steroid dienone is 2. The summed E-state index contributed by atoms with van der Waals surface area (Å²) >= 11 is 0. The van der Waals surface area contributed by atoms with Gasteiger partial charge < -0.3 is 20.5 Å². The molecule has 0 spiro atoms. The highest BCUT2D eigenvalue weighted by molar-refractivity contribution is 7.91. The Kier molecular flexibility index (Phi) is 6.77. The average molecular weight is 484 g/mol. The first kappa shape index (κ1) is 24.0. The smallest absolute Gasteiger partial charge is 0.322 e. The van der Waals surface area contributed by atoms with E-state index in [-0.39, 0.29) is 30.9 Å². The van der Waals surface area contributed by atoms with E-state index in [0.717, 1.165) is 28.1 Å². The second kappa shape index (κ2) is 9.60. The molecule has 2 heterocycles. The van der Waals surface area contributed by atoms with E-state index in [1.807, 2.05) is 25.1 Å². The first-order valence-corrected chi connectivity index (χ1v) is 12.9. The van der Waals surface area contributed by atoms with Gasteiger partial charge in [0.05, 0.1) is 16.7 Å². The van der Waals surface area contributed by atoms with Crippen LogP contribution < -0.4 is 11.1 Å². The van der Waals surface area contributed by atoms with Crippen molar-refractivity contribution in [2.45, 2.75) is 43.7 Å². The van der Waals surface area contributed by atoms with Crippen LogP contribution in [0, 0.1) is 6.92 Å². The minimum absolute atomic E-state index is 0.0421. The topological polar surface area (TPSA) is 121 Å². The van der Waals surface area contributed by atoms with Gasteiger partial charge in [0.25, 0.3) is 0 Å². The van der Waals surface area contributed by atoms with Gasteiger partial charge in [0, 0.05) is 17.7 Å². The number of carbonyl (C=O) groups excluding carboxylic acids is 1. The fraction of sp³-hybridized carbons (Fsp3) is 0.360. The molecular formula is C25H29N3O5S. The molecule has 0 fully saturated rings. The highest BCUT2D eigenvalue weighted by atomic mass is 32.2. The summed E-state index contributed by atoms with van der Waals surface area (Å²) in [4.78, 5) is 16.4. The molecule has 4 rings (SSSR count). The number of esters is 1. The monoisotopic (exact) mass is 483 g/mol. The zero-order valence-corrected chi connectivity index (χ0v) is 20.3. The van der Waals surface area contributed by atoms with Crippen molar-refractivity contribution in [2.75, 3.05) is 24.3 Å². The molecule has 0 bridgehead atoms. The van der Waals surface area contributed by atoms with Gasteiger partial charge in [-0.15, -0.1) is 0 Å². The van der Waals surface area contributed by atoms with Crippen LogP contribution in [0.1, 0.15) is 36.5 Å². The number of fused-ring (bicyclic) bond motifs is 3. The van der Waals surface area contributed by atoms with Crippen molar-refractivity contribution in [3.05, 3.63) is 71.1 Å². The standard InChI is InChI=1S/C25H29N3O5S/c1-4-34(30,31)18-7-5-6-17(13-18)19-8-9-21(32-10-11-33-25(29)16(3)26)23-22(19)20-12-15(2)14-27-24(20)28-23/h5-9,12-14,16,22-23H,4,10-11,26H2,1-3H3,(H,27,28)/t16-,22?,23?/m0/s1. The summed E-state index contributed by atoms with van der Waals surface area (Å²) in [6.45, 7) is 5.47. The van der Waals surface area contributed by atoms with Crippen molar-refractivity contribution in [1.82, 2.24) is 4.98 Å². The molecule has 1 aromatic heterocycles. The van der Waals surface area contributed by atoms with E-state index in [0.29, 0.717) is 10.7 Å². The highest BCUT2D eigenvalue weighted by Crippen LogP contribution is 2.48. The van der Waals surface area contributed by atoms with E-state index in [1.165, 1.54) is 0 Å². The number of benzene rings is 1. The molecule has 3 atom stereocenters. The predicted octanol–water partition coefficient (Wildman–Crippen LogP) is 2.95. The number of hydrogen-bond acceptors (Lipinski definition) is 8. The maximum absolute atomic E-state index is 12.5. The third-order valence-corrected chi connectivity index (χ3v) is 7.69. The first-order chi connectivity index (χ1) is 16.2. The molecule has 2 aliphatic rings. The Labute approximate surface area is 199 Å². The van der Waals surface area contributed by atoms with Crippen LogP contribution in [-0.2, 0) is 24.1 Å². The number of nitrogens with one attached hydrogen (secondary N) is 1. The van der Waals surface area contributed by atoms with Gasteiger partial charge in [-0.05, 0) is 48.8 Å². The summed E-state index contributed by atoms with van der Waals surface area (Å²) in [6, 6.07) is 8.24. The number of hydrogen-bond donors (Lipinski definition) is 2. The fourth-order valence-corrected chi connectivity index (χ4v) is 5.13. The van der Waals surface area contributed by atoms with Gasteiger partial charge in [0.15, 0.2) is 9.84 Å². The van der Waals surface area contributed by atoms with Gasteiger partial charge in [0.1, 0.15) is 30.8 Å². The van der Waals surface area contributed by atoms with Crippen LogP contribution in [0.25, 0.3) is 5.57 Å². The Morgan fingerprint density at radius 1 is 1.24 bits per heavy atom. The number of aryl methyl sites for hydroxylation is 1. The summed E-state index contributed by atoms with van der Waals surface area (Å²) < 4.78 is 36.0. The Morgan fingerprint density at radius 3 is 2.76 bits per heavy atom. The van der Waals surface area contributed by atoms with Gasteiger partial charge in [-0.1, -0.05) is 31.2 Å². The summed E-state index contributed by atoms with van der Waals surface area (Å²) in [5, 5.41) is 3.45. The summed E-state index contributed by atoms with van der Waals surface area (Å²) in [5.41, 5.74) is 9.39. The first-order valence-electron chi connectivity index (χ1n) is 11.2. The molecule has 2 unspecified atom stereocenters. The second-order valence-corrected chi connectivity index (χ2v) is 10.8. The zero-order valence-electron chi connectivity index (χ0n) is 19.4. The van der Waals surface area contributed by atoms with E-state index in [2.05, 4.69) is 16.4 Å². The SMILES string of the molecule is CCS(=O)(=O)c1cccc(C2=CC=C(OCCOC(=O)[C@H](C)N)C3Nc4ncc(C)cc4C23)c1. The molecule has 1 aliphatic heterocycles. The molecule has 2 aromatic rings. The number of sulfone groups is 1. The lowest BCUT2D eigenvalue weighted by atomic mass is 9.80. The molecule has 0 amide bonds. The van der Waals surface area contributed by atoms with Crippen LogP contribution in [0.15, 0.2) is 59.3 Å². The molecule has 1 aromatic carbocycles. The van der Waals surface area contributed by atoms with E-state index in [1.54, 1.807) is 38.2 Å². The van der Waals surface area contributed by atoms with Gasteiger partial charge in [-0.2, -0.15) is 0 Å². The van der Waals surface area contributed by atoms with Crippen molar-refractivity contribution in [2.24, 2.45) is 5.73 Å². The number of pyridine rings is 1. The second-order valence-electron chi connectivity index (χ2n) is 8.48. The third-order valence-electron chi connectivity index (χ3n) is 5.96. The fourth-order valence-electron chi connectivity index (χ4n) is 4.20. The maximum atomic E-state index is 12.5. The normalized spacial score (nSPS) is 19.8. The van der Waals surface area contributed by atoms with Crippen LogP contribution in [-0.4, -0.2) is 50.4 Å². The van der Waals surface area contributed by atoms with Crippen LogP contribution in [0.3, 0.4) is 0 Å². The molecule has 9 heteroatoms. The molecule has 34 heavy (non-hydrogen) atoms. The number of nitrogens with two attached hydrogens (primary N) is 1. The number of anilines is 1. The van der Waals surface area contributed by atoms with E-state index in [9.17, 15) is 13.2 Å². The molecule has 0 saturated heterocycles. The van der Waals surface area contributed by atoms with E-state index in [4.69, 9.17) is 15.2 Å². The lowest BCUT2D eigenvalue weighted by molar-refractivity contribution is -0.145. The van der Waals surface area contributed by atoms with Crippen molar-refractivity contribution in [3.63, 3.8) is 0 Å². The number of ether oxygens (including phenoxy) is 2. The lowest BCUT2D eigenvalue weighted by Crippen LogP contribution is -2.31. The van der Waals surface area contributed by atoms with Crippen LogP contribution in [0.5, 0.6) is 0 Å². The van der Waals surface area contributed by atoms with Crippen LogP contribution in [0.4, 0.5) is 5.82 Å². The molecule has 1 aliphatic carbocycles. The van der Waals surface area contributed by atoms with Crippen molar-refractivity contribution in [3.8, 4) is 0 Å². The van der Waals surface area contributed by atoms with Crippen LogP contribution in [0.2, 0.25) is 0 Å². The summed E-state index contributed by atoms with van der Waals surface area (Å²) in [6.07, 6.45) is 5.64. The van der Waals surface area contributed by atoms with Gasteiger partial charge in [-0.25, -0.2) is 13.4 Å². The van der Waals surface area contributed by atoms with Gasteiger partial charge in [-0.3, -0.25) is 4.79 Å². The van der Waals surface area contributed by atoms with E-state index < -0.39 is 21.8 Å². The number of aromatic nitrogens is 1. The maximum Gasteiger partial charge on any atom is 0.322 e. The van der Waals surface area contributed by atoms with Crippen molar-refractivity contribution in [1.29, 1.82) is 0 Å². The quantitative estimate of drug-likeness (QED) is 0.434. The Bertz CT molecular complexity index is 1270.